The van der Waals surface area contributed by atoms with Gasteiger partial charge in [-0.05, 0) is 37.3 Å². The minimum atomic E-state index is -4.68. The van der Waals surface area contributed by atoms with Crippen LogP contribution < -0.4 is 4.72 Å². The fraction of sp³-hybridized carbons (Fsp3) is 0.188. The molecule has 134 valence electrons. The molecule has 25 heavy (non-hydrogen) atoms. The number of halogens is 3. The average molecular weight is 373 g/mol. The second kappa shape index (κ2) is 6.75. The summed E-state index contributed by atoms with van der Waals surface area (Å²) in [5.41, 5.74) is -1.09. The first-order valence-corrected chi connectivity index (χ1v) is 8.42. The molecule has 5 nitrogen and oxygen atoms in total. The first-order valence-electron chi connectivity index (χ1n) is 6.93. The smallest absolute Gasteiger partial charge is 0.416 e. The van der Waals surface area contributed by atoms with Crippen molar-refractivity contribution >= 4 is 21.7 Å². The standard InChI is InChI=1S/C16H14F3NO4S/c1-10-3-6-12(7-4-10)25(22,23)20-14-8-5-11(16(17,18)19)9-13(14)15(21)24-2/h3-9,20H,1-2H3. The van der Waals surface area contributed by atoms with Crippen molar-refractivity contribution < 1.29 is 31.1 Å². The molecule has 0 aromatic heterocycles. The van der Waals surface area contributed by atoms with E-state index in [2.05, 4.69) is 9.46 Å². The lowest BCUT2D eigenvalue weighted by Gasteiger charge is -2.14. The van der Waals surface area contributed by atoms with Crippen molar-refractivity contribution in [3.8, 4) is 0 Å². The summed E-state index contributed by atoms with van der Waals surface area (Å²) in [5, 5.41) is 0. The zero-order valence-corrected chi connectivity index (χ0v) is 14.0. The number of carbonyl (C=O) groups is 1. The molecule has 0 saturated heterocycles. The molecule has 0 aliphatic rings. The first-order chi connectivity index (χ1) is 11.5. The molecule has 0 spiro atoms. The summed E-state index contributed by atoms with van der Waals surface area (Å²) < 4.78 is 69.8. The number of methoxy groups -OCH3 is 1. The van der Waals surface area contributed by atoms with Gasteiger partial charge in [-0.1, -0.05) is 17.7 Å². The average Bonchev–Trinajstić information content (AvgIpc) is 2.53. The Kier molecular flexibility index (Phi) is 5.07. The van der Waals surface area contributed by atoms with Crippen molar-refractivity contribution in [3.05, 3.63) is 59.2 Å². The lowest BCUT2D eigenvalue weighted by molar-refractivity contribution is -0.137. The highest BCUT2D eigenvalue weighted by Gasteiger charge is 2.32. The number of hydrogen-bond acceptors (Lipinski definition) is 4. The zero-order valence-electron chi connectivity index (χ0n) is 13.2. The van der Waals surface area contributed by atoms with E-state index in [1.54, 1.807) is 19.1 Å². The second-order valence-electron chi connectivity index (χ2n) is 5.17. The summed E-state index contributed by atoms with van der Waals surface area (Å²) >= 11 is 0. The number of aryl methyl sites for hydroxylation is 1. The van der Waals surface area contributed by atoms with Crippen LogP contribution in [0.4, 0.5) is 18.9 Å². The molecule has 0 heterocycles. The van der Waals surface area contributed by atoms with Gasteiger partial charge in [0.2, 0.25) is 0 Å². The van der Waals surface area contributed by atoms with Crippen LogP contribution in [0.2, 0.25) is 0 Å². The molecule has 0 bridgehead atoms. The van der Waals surface area contributed by atoms with Crippen LogP contribution in [0.5, 0.6) is 0 Å². The number of nitrogens with one attached hydrogen (secondary N) is 1. The number of sulfonamides is 1. The monoisotopic (exact) mass is 373 g/mol. The maximum atomic E-state index is 12.8. The summed E-state index contributed by atoms with van der Waals surface area (Å²) in [6.07, 6.45) is -4.68. The van der Waals surface area contributed by atoms with E-state index in [0.717, 1.165) is 18.7 Å². The van der Waals surface area contributed by atoms with Gasteiger partial charge in [0, 0.05) is 0 Å². The van der Waals surface area contributed by atoms with Gasteiger partial charge in [0.15, 0.2) is 0 Å². The molecule has 0 aliphatic carbocycles. The third-order valence-corrected chi connectivity index (χ3v) is 4.71. The maximum Gasteiger partial charge on any atom is 0.416 e. The third kappa shape index (κ3) is 4.30. The molecule has 2 rings (SSSR count). The Bertz CT molecular complexity index is 891. The van der Waals surface area contributed by atoms with Crippen molar-refractivity contribution in [2.75, 3.05) is 11.8 Å². The Morgan fingerprint density at radius 2 is 1.68 bits per heavy atom. The van der Waals surface area contributed by atoms with Crippen molar-refractivity contribution in [3.63, 3.8) is 0 Å². The molecule has 1 N–H and O–H groups in total. The van der Waals surface area contributed by atoms with Crippen LogP contribution in [-0.4, -0.2) is 21.5 Å². The molecule has 2 aromatic carbocycles. The van der Waals surface area contributed by atoms with Gasteiger partial charge < -0.3 is 4.74 Å². The van der Waals surface area contributed by atoms with Crippen LogP contribution in [-0.2, 0) is 20.9 Å². The molecule has 0 amide bonds. The van der Waals surface area contributed by atoms with E-state index in [0.29, 0.717) is 12.1 Å². The molecule has 0 unspecified atom stereocenters. The topological polar surface area (TPSA) is 72.5 Å². The molecule has 0 saturated carbocycles. The lowest BCUT2D eigenvalue weighted by Crippen LogP contribution is -2.17. The minimum Gasteiger partial charge on any atom is -0.465 e. The molecule has 0 aliphatic heterocycles. The van der Waals surface area contributed by atoms with Crippen LogP contribution in [0.3, 0.4) is 0 Å². The fourth-order valence-electron chi connectivity index (χ4n) is 2.01. The molecular formula is C16H14F3NO4S. The van der Waals surface area contributed by atoms with E-state index in [4.69, 9.17) is 0 Å². The van der Waals surface area contributed by atoms with Gasteiger partial charge in [0.25, 0.3) is 10.0 Å². The maximum absolute atomic E-state index is 12.8. The van der Waals surface area contributed by atoms with E-state index in [1.807, 2.05) is 0 Å². The quantitative estimate of drug-likeness (QED) is 0.831. The number of hydrogen-bond donors (Lipinski definition) is 1. The van der Waals surface area contributed by atoms with E-state index in [9.17, 15) is 26.4 Å². The highest BCUT2D eigenvalue weighted by Crippen LogP contribution is 2.32. The Balaban J connectivity index is 2.48. The molecular weight excluding hydrogens is 359 g/mol. The molecule has 2 aromatic rings. The lowest BCUT2D eigenvalue weighted by atomic mass is 10.1. The minimum absolute atomic E-state index is 0.0891. The Labute approximate surface area is 142 Å². The van der Waals surface area contributed by atoms with E-state index in [-0.39, 0.29) is 10.6 Å². The fourth-order valence-corrected chi connectivity index (χ4v) is 3.09. The van der Waals surface area contributed by atoms with Crippen LogP contribution in [0, 0.1) is 6.92 Å². The highest BCUT2D eigenvalue weighted by molar-refractivity contribution is 7.92. The Morgan fingerprint density at radius 3 is 2.20 bits per heavy atom. The Morgan fingerprint density at radius 1 is 1.08 bits per heavy atom. The van der Waals surface area contributed by atoms with Crippen LogP contribution >= 0.6 is 0 Å². The molecule has 0 fully saturated rings. The molecule has 0 radical (unpaired) electrons. The Hall–Kier alpha value is -2.55. The van der Waals surface area contributed by atoms with Crippen molar-refractivity contribution in [1.29, 1.82) is 0 Å². The molecule has 9 heteroatoms. The SMILES string of the molecule is COC(=O)c1cc(C(F)(F)F)ccc1NS(=O)(=O)c1ccc(C)cc1. The summed E-state index contributed by atoms with van der Waals surface area (Å²) in [6.45, 7) is 1.77. The largest absolute Gasteiger partial charge is 0.465 e. The third-order valence-electron chi connectivity index (χ3n) is 3.33. The van der Waals surface area contributed by atoms with Gasteiger partial charge in [0.1, 0.15) is 0 Å². The number of benzene rings is 2. The number of alkyl halides is 3. The number of ether oxygens (including phenoxy) is 1. The van der Waals surface area contributed by atoms with Gasteiger partial charge in [-0.3, -0.25) is 4.72 Å². The highest BCUT2D eigenvalue weighted by atomic mass is 32.2. The van der Waals surface area contributed by atoms with Crippen molar-refractivity contribution in [1.82, 2.24) is 0 Å². The summed E-state index contributed by atoms with van der Waals surface area (Å²) in [6, 6.07) is 7.93. The van der Waals surface area contributed by atoms with Crippen molar-refractivity contribution in [2.45, 2.75) is 18.0 Å². The van der Waals surface area contributed by atoms with Crippen molar-refractivity contribution in [2.24, 2.45) is 0 Å². The van der Waals surface area contributed by atoms with Crippen LogP contribution in [0.1, 0.15) is 21.5 Å². The number of esters is 1. The van der Waals surface area contributed by atoms with E-state index in [1.165, 1.54) is 12.1 Å². The summed E-state index contributed by atoms with van der Waals surface area (Å²) in [7, 11) is -3.09. The summed E-state index contributed by atoms with van der Waals surface area (Å²) in [5.74, 6) is -1.09. The van der Waals surface area contributed by atoms with Crippen LogP contribution in [0.25, 0.3) is 0 Å². The zero-order chi connectivity index (χ0) is 18.8. The predicted molar refractivity (Wildman–Crippen MR) is 84.8 cm³/mol. The number of rotatable bonds is 4. The second-order valence-corrected chi connectivity index (χ2v) is 6.85. The molecule has 0 atom stereocenters. The van der Waals surface area contributed by atoms with Gasteiger partial charge in [-0.2, -0.15) is 13.2 Å². The first kappa shape index (κ1) is 18.8. The number of anilines is 1. The summed E-state index contributed by atoms with van der Waals surface area (Å²) in [4.78, 5) is 11.7. The predicted octanol–water partition coefficient (Wildman–Crippen LogP) is 3.60. The van der Waals surface area contributed by atoms with Crippen LogP contribution in [0.15, 0.2) is 47.4 Å². The van der Waals surface area contributed by atoms with E-state index >= 15 is 0 Å². The van der Waals surface area contributed by atoms with Gasteiger partial charge in [-0.25, -0.2) is 13.2 Å². The van der Waals surface area contributed by atoms with Gasteiger partial charge in [0.05, 0.1) is 28.8 Å². The van der Waals surface area contributed by atoms with Gasteiger partial charge in [-0.15, -0.1) is 0 Å². The number of carbonyl (C=O) groups excluding carboxylic acids is 1. The van der Waals surface area contributed by atoms with E-state index < -0.39 is 33.3 Å². The van der Waals surface area contributed by atoms with Gasteiger partial charge >= 0.3 is 12.1 Å². The normalized spacial score (nSPS) is 11.9.